The Morgan fingerprint density at radius 1 is 1.15 bits per heavy atom. The molecule has 0 amide bonds. The van der Waals surface area contributed by atoms with Crippen LogP contribution >= 0.6 is 0 Å². The zero-order chi connectivity index (χ0) is 19.4. The Morgan fingerprint density at radius 3 is 2.67 bits per heavy atom. The summed E-state index contributed by atoms with van der Waals surface area (Å²) in [7, 11) is -3.71. The standard InChI is InChI=1S/C19H21FN2O4S/c1-2-22-17-11-10-15(13-18(17)26-19(22)23)27(24,25)21-12-6-5-8-14-7-3-4-9-16(14)20/h3-4,7,9-11,13,21H,2,5-6,8,12H2,1H3. The van der Waals surface area contributed by atoms with Crippen molar-refractivity contribution >= 4 is 21.1 Å². The van der Waals surface area contributed by atoms with Crippen molar-refractivity contribution in [3.63, 3.8) is 0 Å². The quantitative estimate of drug-likeness (QED) is 0.598. The molecule has 3 rings (SSSR count). The van der Waals surface area contributed by atoms with E-state index in [9.17, 15) is 17.6 Å². The fraction of sp³-hybridized carbons (Fsp3) is 0.316. The van der Waals surface area contributed by atoms with Crippen LogP contribution in [0.5, 0.6) is 0 Å². The molecule has 3 aromatic rings. The Morgan fingerprint density at radius 2 is 1.93 bits per heavy atom. The molecule has 6 nitrogen and oxygen atoms in total. The fourth-order valence-electron chi connectivity index (χ4n) is 2.94. The van der Waals surface area contributed by atoms with E-state index in [1.807, 2.05) is 6.92 Å². The average molecular weight is 392 g/mol. The van der Waals surface area contributed by atoms with Crippen LogP contribution in [0, 0.1) is 5.82 Å². The van der Waals surface area contributed by atoms with Crippen LogP contribution in [0.15, 0.2) is 56.6 Å². The van der Waals surface area contributed by atoms with E-state index in [0.717, 1.165) is 0 Å². The van der Waals surface area contributed by atoms with Crippen molar-refractivity contribution in [1.29, 1.82) is 0 Å². The van der Waals surface area contributed by atoms with Crippen molar-refractivity contribution in [2.75, 3.05) is 6.54 Å². The van der Waals surface area contributed by atoms with Crippen molar-refractivity contribution in [1.82, 2.24) is 9.29 Å². The molecule has 0 bridgehead atoms. The van der Waals surface area contributed by atoms with Crippen LogP contribution in [-0.4, -0.2) is 19.5 Å². The Hall–Kier alpha value is -2.45. The normalized spacial score (nSPS) is 11.9. The number of fused-ring (bicyclic) bond motifs is 1. The number of hydrogen-bond donors (Lipinski definition) is 1. The van der Waals surface area contributed by atoms with Crippen molar-refractivity contribution in [2.45, 2.75) is 37.6 Å². The molecular formula is C19H21FN2O4S. The molecule has 0 saturated carbocycles. The Kier molecular flexibility index (Phi) is 5.76. The molecule has 1 N–H and O–H groups in total. The highest BCUT2D eigenvalue weighted by Crippen LogP contribution is 2.18. The van der Waals surface area contributed by atoms with Crippen LogP contribution in [0.1, 0.15) is 25.3 Å². The summed E-state index contributed by atoms with van der Waals surface area (Å²) in [6.45, 7) is 2.50. The van der Waals surface area contributed by atoms with Crippen LogP contribution in [0.25, 0.3) is 11.1 Å². The number of benzene rings is 2. The molecule has 0 saturated heterocycles. The first-order valence-electron chi connectivity index (χ1n) is 8.79. The molecule has 0 radical (unpaired) electrons. The summed E-state index contributed by atoms with van der Waals surface area (Å²) in [5.41, 5.74) is 1.43. The number of sulfonamides is 1. The Labute approximate surface area is 156 Å². The maximum atomic E-state index is 13.5. The number of nitrogens with zero attached hydrogens (tertiary/aromatic N) is 1. The highest BCUT2D eigenvalue weighted by Gasteiger charge is 2.16. The summed E-state index contributed by atoms with van der Waals surface area (Å²) in [5.74, 6) is -0.755. The first-order valence-corrected chi connectivity index (χ1v) is 10.3. The van der Waals surface area contributed by atoms with Crippen LogP contribution in [0.3, 0.4) is 0 Å². The van der Waals surface area contributed by atoms with E-state index in [1.54, 1.807) is 24.3 Å². The average Bonchev–Trinajstić information content (AvgIpc) is 2.97. The minimum atomic E-state index is -3.71. The van der Waals surface area contributed by atoms with E-state index in [-0.39, 0.29) is 22.8 Å². The van der Waals surface area contributed by atoms with E-state index in [0.29, 0.717) is 36.9 Å². The summed E-state index contributed by atoms with van der Waals surface area (Å²) in [5, 5.41) is 0. The molecular weight excluding hydrogens is 371 g/mol. The number of hydrogen-bond acceptors (Lipinski definition) is 4. The zero-order valence-electron chi connectivity index (χ0n) is 14.9. The Bertz CT molecular complexity index is 1100. The molecule has 0 aliphatic heterocycles. The van der Waals surface area contributed by atoms with Crippen molar-refractivity contribution < 1.29 is 17.2 Å². The highest BCUT2D eigenvalue weighted by molar-refractivity contribution is 7.89. The molecule has 144 valence electrons. The van der Waals surface area contributed by atoms with E-state index in [4.69, 9.17) is 4.42 Å². The summed E-state index contributed by atoms with van der Waals surface area (Å²) < 4.78 is 47.5. The number of unbranched alkanes of at least 4 members (excludes halogenated alkanes) is 1. The molecule has 2 aromatic carbocycles. The molecule has 0 spiro atoms. The van der Waals surface area contributed by atoms with E-state index in [2.05, 4.69) is 4.72 Å². The second-order valence-corrected chi connectivity index (χ2v) is 7.96. The fourth-order valence-corrected chi connectivity index (χ4v) is 4.03. The van der Waals surface area contributed by atoms with Crippen LogP contribution in [0.4, 0.5) is 4.39 Å². The van der Waals surface area contributed by atoms with Gasteiger partial charge in [-0.15, -0.1) is 0 Å². The smallest absolute Gasteiger partial charge is 0.408 e. The number of halogens is 1. The molecule has 1 aromatic heterocycles. The molecule has 27 heavy (non-hydrogen) atoms. The van der Waals surface area contributed by atoms with Gasteiger partial charge in [-0.05, 0) is 49.9 Å². The molecule has 1 heterocycles. The molecule has 8 heteroatoms. The summed E-state index contributed by atoms with van der Waals surface area (Å²) >= 11 is 0. The minimum absolute atomic E-state index is 0.0427. The molecule has 0 aliphatic carbocycles. The van der Waals surface area contributed by atoms with Gasteiger partial charge in [0.15, 0.2) is 5.58 Å². The van der Waals surface area contributed by atoms with Gasteiger partial charge in [-0.2, -0.15) is 0 Å². The van der Waals surface area contributed by atoms with Crippen molar-refractivity contribution in [2.24, 2.45) is 0 Å². The van der Waals surface area contributed by atoms with Gasteiger partial charge in [0.05, 0.1) is 10.4 Å². The number of nitrogens with one attached hydrogen (secondary N) is 1. The lowest BCUT2D eigenvalue weighted by Gasteiger charge is -2.07. The molecule has 0 unspecified atom stereocenters. The lowest BCUT2D eigenvalue weighted by atomic mass is 10.1. The second kappa shape index (κ2) is 8.06. The van der Waals surface area contributed by atoms with Gasteiger partial charge in [0, 0.05) is 19.2 Å². The topological polar surface area (TPSA) is 81.3 Å². The third-order valence-corrected chi connectivity index (χ3v) is 5.85. The summed E-state index contributed by atoms with van der Waals surface area (Å²) in [6, 6.07) is 10.9. The summed E-state index contributed by atoms with van der Waals surface area (Å²) in [4.78, 5) is 11.8. The Balaban J connectivity index is 1.60. The van der Waals surface area contributed by atoms with Gasteiger partial charge in [0.2, 0.25) is 10.0 Å². The third-order valence-electron chi connectivity index (χ3n) is 4.39. The molecule has 0 atom stereocenters. The monoisotopic (exact) mass is 392 g/mol. The van der Waals surface area contributed by atoms with Crippen LogP contribution < -0.4 is 10.5 Å². The maximum Gasteiger partial charge on any atom is 0.419 e. The molecule has 0 aliphatic rings. The lowest BCUT2D eigenvalue weighted by molar-refractivity contribution is 0.512. The number of rotatable bonds is 8. The molecule has 0 fully saturated rings. The number of aromatic nitrogens is 1. The zero-order valence-corrected chi connectivity index (χ0v) is 15.8. The van der Waals surface area contributed by atoms with Crippen molar-refractivity contribution in [3.05, 3.63) is 64.4 Å². The summed E-state index contributed by atoms with van der Waals surface area (Å²) in [6.07, 6.45) is 1.80. The van der Waals surface area contributed by atoms with Gasteiger partial charge in [-0.3, -0.25) is 4.57 Å². The van der Waals surface area contributed by atoms with E-state index in [1.165, 1.54) is 22.8 Å². The van der Waals surface area contributed by atoms with Gasteiger partial charge in [0.25, 0.3) is 0 Å². The third kappa shape index (κ3) is 4.28. The SMILES string of the molecule is CCn1c(=O)oc2cc(S(=O)(=O)NCCCCc3ccccc3F)ccc21. The van der Waals surface area contributed by atoms with Crippen molar-refractivity contribution in [3.8, 4) is 0 Å². The van der Waals surface area contributed by atoms with Gasteiger partial charge >= 0.3 is 5.76 Å². The van der Waals surface area contributed by atoms with E-state index < -0.39 is 15.8 Å². The van der Waals surface area contributed by atoms with Gasteiger partial charge in [0.1, 0.15) is 5.82 Å². The minimum Gasteiger partial charge on any atom is -0.408 e. The second-order valence-electron chi connectivity index (χ2n) is 6.19. The predicted octanol–water partition coefficient (Wildman–Crippen LogP) is 3.05. The highest BCUT2D eigenvalue weighted by atomic mass is 32.2. The van der Waals surface area contributed by atoms with Crippen LogP contribution in [-0.2, 0) is 23.0 Å². The number of aryl methyl sites for hydroxylation is 2. The van der Waals surface area contributed by atoms with Gasteiger partial charge in [-0.25, -0.2) is 22.3 Å². The van der Waals surface area contributed by atoms with Gasteiger partial charge < -0.3 is 4.42 Å². The van der Waals surface area contributed by atoms with Crippen LogP contribution in [0.2, 0.25) is 0 Å². The lowest BCUT2D eigenvalue weighted by Crippen LogP contribution is -2.24. The maximum absolute atomic E-state index is 13.5. The number of oxazole rings is 1. The predicted molar refractivity (Wildman–Crippen MR) is 101 cm³/mol. The van der Waals surface area contributed by atoms with Gasteiger partial charge in [-0.1, -0.05) is 18.2 Å². The first-order chi connectivity index (χ1) is 12.9. The largest absolute Gasteiger partial charge is 0.419 e. The van der Waals surface area contributed by atoms with E-state index >= 15 is 0 Å². The first kappa shape index (κ1) is 19.3.